The highest BCUT2D eigenvalue weighted by molar-refractivity contribution is 4.79. The van der Waals surface area contributed by atoms with Gasteiger partial charge in [0.1, 0.15) is 0 Å². The van der Waals surface area contributed by atoms with Crippen LogP contribution in [0.5, 0.6) is 0 Å². The smallest absolute Gasteiger partial charge is 0.0589 e. The summed E-state index contributed by atoms with van der Waals surface area (Å²) in [5, 5.41) is 3.57. The molecule has 18 heavy (non-hydrogen) atoms. The van der Waals surface area contributed by atoms with Gasteiger partial charge in [-0.25, -0.2) is 0 Å². The molecule has 1 unspecified atom stereocenters. The predicted molar refractivity (Wildman–Crippen MR) is 80.2 cm³/mol. The average molecular weight is 258 g/mol. The van der Waals surface area contributed by atoms with Crippen LogP contribution in [0.15, 0.2) is 0 Å². The second-order valence-electron chi connectivity index (χ2n) is 5.33. The van der Waals surface area contributed by atoms with Gasteiger partial charge in [0.25, 0.3) is 0 Å². The van der Waals surface area contributed by atoms with Crippen molar-refractivity contribution in [2.75, 3.05) is 26.8 Å². The molecule has 0 amide bonds. The lowest BCUT2D eigenvalue weighted by Crippen LogP contribution is -2.49. The first kappa shape index (κ1) is 17.9. The molecule has 0 aliphatic carbocycles. The van der Waals surface area contributed by atoms with Gasteiger partial charge in [0.15, 0.2) is 0 Å². The Morgan fingerprint density at radius 3 is 1.94 bits per heavy atom. The molecule has 0 spiro atoms. The van der Waals surface area contributed by atoms with E-state index < -0.39 is 0 Å². The lowest BCUT2D eigenvalue weighted by molar-refractivity contribution is 0.0761. The van der Waals surface area contributed by atoms with E-state index in [0.29, 0.717) is 18.1 Å². The maximum Gasteiger partial charge on any atom is 0.0589 e. The highest BCUT2D eigenvalue weighted by atomic mass is 16.5. The second kappa shape index (κ2) is 10.8. The summed E-state index contributed by atoms with van der Waals surface area (Å²) < 4.78 is 5.27. The zero-order valence-corrected chi connectivity index (χ0v) is 13.3. The standard InChI is InChI=1S/C15H34N2O/c1-7-14(8-2)17(10-11-18-6)15(9-3)12-16-13(4)5/h13-16H,7-12H2,1-6H3. The summed E-state index contributed by atoms with van der Waals surface area (Å²) in [5.41, 5.74) is 0. The Morgan fingerprint density at radius 1 is 1.00 bits per heavy atom. The first-order chi connectivity index (χ1) is 8.60. The maximum atomic E-state index is 5.27. The van der Waals surface area contributed by atoms with E-state index in [2.05, 4.69) is 44.8 Å². The fourth-order valence-electron chi connectivity index (χ4n) is 2.49. The third kappa shape index (κ3) is 6.72. The largest absolute Gasteiger partial charge is 0.383 e. The normalized spacial score (nSPS) is 13.8. The zero-order chi connectivity index (χ0) is 14.0. The van der Waals surface area contributed by atoms with Crippen molar-refractivity contribution in [1.29, 1.82) is 0 Å². The van der Waals surface area contributed by atoms with Crippen molar-refractivity contribution in [2.24, 2.45) is 0 Å². The molecule has 0 saturated heterocycles. The van der Waals surface area contributed by atoms with E-state index in [0.717, 1.165) is 19.7 Å². The van der Waals surface area contributed by atoms with E-state index >= 15 is 0 Å². The van der Waals surface area contributed by atoms with Crippen LogP contribution in [0.25, 0.3) is 0 Å². The predicted octanol–water partition coefficient (Wildman–Crippen LogP) is 2.90. The molecule has 110 valence electrons. The van der Waals surface area contributed by atoms with Crippen LogP contribution in [0.2, 0.25) is 0 Å². The van der Waals surface area contributed by atoms with Crippen molar-refractivity contribution >= 4 is 0 Å². The summed E-state index contributed by atoms with van der Waals surface area (Å²) in [5.74, 6) is 0. The molecular formula is C15H34N2O. The summed E-state index contributed by atoms with van der Waals surface area (Å²) in [7, 11) is 1.79. The van der Waals surface area contributed by atoms with E-state index in [1.54, 1.807) is 7.11 Å². The topological polar surface area (TPSA) is 24.5 Å². The molecule has 1 N–H and O–H groups in total. The number of ether oxygens (including phenoxy) is 1. The zero-order valence-electron chi connectivity index (χ0n) is 13.3. The van der Waals surface area contributed by atoms with E-state index in [9.17, 15) is 0 Å². The van der Waals surface area contributed by atoms with Crippen molar-refractivity contribution in [2.45, 2.75) is 72.0 Å². The quantitative estimate of drug-likeness (QED) is 0.617. The van der Waals surface area contributed by atoms with E-state index in [4.69, 9.17) is 4.74 Å². The third-order valence-corrected chi connectivity index (χ3v) is 3.67. The van der Waals surface area contributed by atoms with Gasteiger partial charge in [-0.15, -0.1) is 0 Å². The van der Waals surface area contributed by atoms with Crippen LogP contribution >= 0.6 is 0 Å². The van der Waals surface area contributed by atoms with Gasteiger partial charge in [0, 0.05) is 38.3 Å². The minimum Gasteiger partial charge on any atom is -0.383 e. The molecule has 0 aliphatic heterocycles. The highest BCUT2D eigenvalue weighted by Gasteiger charge is 2.22. The van der Waals surface area contributed by atoms with E-state index in [-0.39, 0.29) is 0 Å². The fourth-order valence-corrected chi connectivity index (χ4v) is 2.49. The van der Waals surface area contributed by atoms with Crippen molar-refractivity contribution in [3.8, 4) is 0 Å². The van der Waals surface area contributed by atoms with Crippen LogP contribution in [-0.4, -0.2) is 49.8 Å². The summed E-state index contributed by atoms with van der Waals surface area (Å²) >= 11 is 0. The lowest BCUT2D eigenvalue weighted by atomic mass is 10.1. The minimum atomic E-state index is 0.560. The minimum absolute atomic E-state index is 0.560. The Balaban J connectivity index is 4.54. The third-order valence-electron chi connectivity index (χ3n) is 3.67. The van der Waals surface area contributed by atoms with Crippen LogP contribution in [0.1, 0.15) is 53.9 Å². The molecular weight excluding hydrogens is 224 g/mol. The molecule has 3 nitrogen and oxygen atoms in total. The molecule has 1 atom stereocenters. The summed E-state index contributed by atoms with van der Waals surface area (Å²) in [4.78, 5) is 2.64. The first-order valence-electron chi connectivity index (χ1n) is 7.58. The molecule has 0 saturated carbocycles. The molecule has 0 heterocycles. The van der Waals surface area contributed by atoms with Crippen LogP contribution in [0.3, 0.4) is 0 Å². The Bertz CT molecular complexity index is 181. The summed E-state index contributed by atoms with van der Waals surface area (Å²) in [6, 6.07) is 1.86. The van der Waals surface area contributed by atoms with Gasteiger partial charge in [-0.1, -0.05) is 34.6 Å². The van der Waals surface area contributed by atoms with Gasteiger partial charge in [-0.3, -0.25) is 4.90 Å². The Kier molecular flexibility index (Phi) is 10.7. The fraction of sp³-hybridized carbons (Fsp3) is 1.00. The number of rotatable bonds is 11. The number of nitrogens with zero attached hydrogens (tertiary/aromatic N) is 1. The monoisotopic (exact) mass is 258 g/mol. The van der Waals surface area contributed by atoms with Crippen LogP contribution < -0.4 is 5.32 Å². The van der Waals surface area contributed by atoms with Crippen LogP contribution in [0.4, 0.5) is 0 Å². The van der Waals surface area contributed by atoms with Gasteiger partial charge < -0.3 is 10.1 Å². The van der Waals surface area contributed by atoms with E-state index in [1.807, 2.05) is 0 Å². The average Bonchev–Trinajstić information content (AvgIpc) is 2.36. The van der Waals surface area contributed by atoms with Gasteiger partial charge in [-0.2, -0.15) is 0 Å². The molecule has 0 rings (SSSR count). The van der Waals surface area contributed by atoms with Gasteiger partial charge in [-0.05, 0) is 19.3 Å². The number of hydrogen-bond donors (Lipinski definition) is 1. The van der Waals surface area contributed by atoms with Crippen molar-refractivity contribution in [3.05, 3.63) is 0 Å². The van der Waals surface area contributed by atoms with E-state index in [1.165, 1.54) is 19.3 Å². The summed E-state index contributed by atoms with van der Waals surface area (Å²) in [6.07, 6.45) is 3.64. The van der Waals surface area contributed by atoms with Crippen LogP contribution in [0, 0.1) is 0 Å². The summed E-state index contributed by atoms with van der Waals surface area (Å²) in [6.45, 7) is 14.2. The van der Waals surface area contributed by atoms with Crippen molar-refractivity contribution < 1.29 is 4.74 Å². The molecule has 0 aromatic carbocycles. The number of methoxy groups -OCH3 is 1. The molecule has 3 heteroatoms. The molecule has 0 aliphatic rings. The second-order valence-corrected chi connectivity index (χ2v) is 5.33. The number of nitrogens with one attached hydrogen (secondary N) is 1. The van der Waals surface area contributed by atoms with Crippen molar-refractivity contribution in [1.82, 2.24) is 10.2 Å². The Hall–Kier alpha value is -0.120. The molecule has 0 aromatic rings. The van der Waals surface area contributed by atoms with Gasteiger partial charge in [0.2, 0.25) is 0 Å². The Morgan fingerprint density at radius 2 is 1.56 bits per heavy atom. The number of hydrogen-bond acceptors (Lipinski definition) is 3. The molecule has 0 radical (unpaired) electrons. The molecule has 0 fully saturated rings. The highest BCUT2D eigenvalue weighted by Crippen LogP contribution is 2.14. The molecule has 0 bridgehead atoms. The maximum absolute atomic E-state index is 5.27. The SMILES string of the molecule is CCC(CC)N(CCOC)C(CC)CNC(C)C. The molecule has 0 aromatic heterocycles. The Labute approximate surface area is 114 Å². The van der Waals surface area contributed by atoms with Gasteiger partial charge >= 0.3 is 0 Å². The first-order valence-corrected chi connectivity index (χ1v) is 7.58. The van der Waals surface area contributed by atoms with Crippen molar-refractivity contribution in [3.63, 3.8) is 0 Å². The lowest BCUT2D eigenvalue weighted by Gasteiger charge is -2.37. The van der Waals surface area contributed by atoms with Crippen LogP contribution in [-0.2, 0) is 4.74 Å². The van der Waals surface area contributed by atoms with Gasteiger partial charge in [0.05, 0.1) is 6.61 Å².